The van der Waals surface area contributed by atoms with Gasteiger partial charge in [0.05, 0.1) is 6.10 Å². The maximum Gasteiger partial charge on any atom is 0.0804 e. The molecule has 0 aromatic heterocycles. The van der Waals surface area contributed by atoms with Gasteiger partial charge in [-0.3, -0.25) is 0 Å². The molecule has 1 atom stereocenters. The van der Waals surface area contributed by atoms with Gasteiger partial charge in [-0.15, -0.1) is 0 Å². The lowest BCUT2D eigenvalue weighted by molar-refractivity contribution is 0.163. The largest absolute Gasteiger partial charge is 0.388 e. The number of hydrogen-bond acceptors (Lipinski definition) is 1. The highest BCUT2D eigenvalue weighted by molar-refractivity contribution is 6.31. The summed E-state index contributed by atoms with van der Waals surface area (Å²) in [6, 6.07) is 7.56. The molecule has 1 aromatic rings. The Morgan fingerprint density at radius 3 is 2.41 bits per heavy atom. The van der Waals surface area contributed by atoms with Crippen LogP contribution in [0, 0.1) is 0 Å². The predicted molar refractivity (Wildman–Crippen MR) is 74.4 cm³/mol. The van der Waals surface area contributed by atoms with Crippen LogP contribution in [0.25, 0.3) is 0 Å². The standard InChI is InChI=1S/C15H23ClO/c1-2-3-4-5-6-7-12-15(17)13-10-8-9-11-14(13)16/h8-11,15,17H,2-7,12H2,1H3. The van der Waals surface area contributed by atoms with Crippen molar-refractivity contribution in [3.05, 3.63) is 34.9 Å². The first-order valence-electron chi connectivity index (χ1n) is 6.68. The van der Waals surface area contributed by atoms with Crippen molar-refractivity contribution in [2.45, 2.75) is 58.0 Å². The molecular formula is C15H23ClO. The van der Waals surface area contributed by atoms with Crippen LogP contribution in [0.4, 0.5) is 0 Å². The van der Waals surface area contributed by atoms with Crippen molar-refractivity contribution in [2.75, 3.05) is 0 Å². The summed E-state index contributed by atoms with van der Waals surface area (Å²) in [7, 11) is 0. The first kappa shape index (κ1) is 14.5. The SMILES string of the molecule is CCCCCCCCC(O)c1ccccc1Cl. The Morgan fingerprint density at radius 1 is 1.06 bits per heavy atom. The van der Waals surface area contributed by atoms with Gasteiger partial charge < -0.3 is 5.11 Å². The molecule has 1 nitrogen and oxygen atoms in total. The molecule has 0 heterocycles. The van der Waals surface area contributed by atoms with Gasteiger partial charge in [0.2, 0.25) is 0 Å². The molecule has 1 unspecified atom stereocenters. The third-order valence-electron chi connectivity index (χ3n) is 3.10. The molecule has 1 N–H and O–H groups in total. The summed E-state index contributed by atoms with van der Waals surface area (Å²) < 4.78 is 0. The Bertz CT molecular complexity index is 312. The number of aliphatic hydroxyl groups is 1. The molecule has 0 radical (unpaired) electrons. The van der Waals surface area contributed by atoms with E-state index in [1.165, 1.54) is 32.1 Å². The molecule has 17 heavy (non-hydrogen) atoms. The quantitative estimate of drug-likeness (QED) is 0.638. The second-order valence-electron chi connectivity index (χ2n) is 4.59. The van der Waals surface area contributed by atoms with Crippen LogP contribution in [-0.2, 0) is 0 Å². The molecule has 0 amide bonds. The molecule has 0 aliphatic heterocycles. The fraction of sp³-hybridized carbons (Fsp3) is 0.600. The number of benzene rings is 1. The second kappa shape index (κ2) is 8.54. The average Bonchev–Trinajstić information content (AvgIpc) is 2.34. The van der Waals surface area contributed by atoms with Crippen molar-refractivity contribution in [3.8, 4) is 0 Å². The van der Waals surface area contributed by atoms with E-state index in [-0.39, 0.29) is 0 Å². The van der Waals surface area contributed by atoms with E-state index in [9.17, 15) is 5.11 Å². The van der Waals surface area contributed by atoms with Crippen LogP contribution in [-0.4, -0.2) is 5.11 Å². The molecule has 96 valence electrons. The predicted octanol–water partition coefficient (Wildman–Crippen LogP) is 5.12. The normalized spacial score (nSPS) is 12.6. The highest BCUT2D eigenvalue weighted by atomic mass is 35.5. The van der Waals surface area contributed by atoms with Crippen molar-refractivity contribution in [2.24, 2.45) is 0 Å². The van der Waals surface area contributed by atoms with E-state index in [1.54, 1.807) is 0 Å². The topological polar surface area (TPSA) is 20.2 Å². The monoisotopic (exact) mass is 254 g/mol. The van der Waals surface area contributed by atoms with Crippen molar-refractivity contribution in [1.29, 1.82) is 0 Å². The zero-order valence-electron chi connectivity index (χ0n) is 10.7. The van der Waals surface area contributed by atoms with Crippen LogP contribution in [0.1, 0.15) is 63.5 Å². The van der Waals surface area contributed by atoms with Gasteiger partial charge in [-0.25, -0.2) is 0 Å². The minimum absolute atomic E-state index is 0.408. The van der Waals surface area contributed by atoms with Crippen molar-refractivity contribution in [3.63, 3.8) is 0 Å². The maximum atomic E-state index is 10.0. The molecule has 0 saturated carbocycles. The van der Waals surface area contributed by atoms with E-state index >= 15 is 0 Å². The molecule has 1 aromatic carbocycles. The highest BCUT2D eigenvalue weighted by Gasteiger charge is 2.09. The van der Waals surface area contributed by atoms with Crippen LogP contribution in [0.3, 0.4) is 0 Å². The van der Waals surface area contributed by atoms with Gasteiger partial charge in [0, 0.05) is 5.02 Å². The fourth-order valence-electron chi connectivity index (χ4n) is 2.02. The van der Waals surface area contributed by atoms with Gasteiger partial charge in [0.1, 0.15) is 0 Å². The van der Waals surface area contributed by atoms with E-state index < -0.39 is 6.10 Å². The van der Waals surface area contributed by atoms with E-state index in [0.29, 0.717) is 5.02 Å². The third kappa shape index (κ3) is 5.56. The summed E-state index contributed by atoms with van der Waals surface area (Å²) in [4.78, 5) is 0. The van der Waals surface area contributed by atoms with Gasteiger partial charge in [-0.05, 0) is 18.1 Å². The zero-order chi connectivity index (χ0) is 12.5. The van der Waals surface area contributed by atoms with E-state index in [0.717, 1.165) is 18.4 Å². The molecule has 0 spiro atoms. The summed E-state index contributed by atoms with van der Waals surface area (Å²) in [5.74, 6) is 0. The Balaban J connectivity index is 2.21. The Morgan fingerprint density at radius 2 is 1.71 bits per heavy atom. The molecule has 0 fully saturated rings. The van der Waals surface area contributed by atoms with Gasteiger partial charge in [0.15, 0.2) is 0 Å². The van der Waals surface area contributed by atoms with Gasteiger partial charge in [-0.1, -0.05) is 75.2 Å². The van der Waals surface area contributed by atoms with Gasteiger partial charge in [-0.2, -0.15) is 0 Å². The minimum Gasteiger partial charge on any atom is -0.388 e. The highest BCUT2D eigenvalue weighted by Crippen LogP contribution is 2.26. The molecule has 0 bridgehead atoms. The van der Waals surface area contributed by atoms with Crippen LogP contribution in [0.5, 0.6) is 0 Å². The molecule has 0 aliphatic carbocycles. The first-order chi connectivity index (χ1) is 8.25. The zero-order valence-corrected chi connectivity index (χ0v) is 11.4. The number of halogens is 1. The molecule has 0 saturated heterocycles. The minimum atomic E-state index is -0.408. The number of unbranched alkanes of at least 4 members (excludes halogenated alkanes) is 5. The number of rotatable bonds is 8. The summed E-state index contributed by atoms with van der Waals surface area (Å²) >= 11 is 6.04. The Kier molecular flexibility index (Phi) is 7.30. The van der Waals surface area contributed by atoms with Crippen LogP contribution in [0.15, 0.2) is 24.3 Å². The van der Waals surface area contributed by atoms with Crippen molar-refractivity contribution < 1.29 is 5.11 Å². The third-order valence-corrected chi connectivity index (χ3v) is 3.44. The summed E-state index contributed by atoms with van der Waals surface area (Å²) in [5, 5.41) is 10.7. The summed E-state index contributed by atoms with van der Waals surface area (Å²) in [5.41, 5.74) is 0.864. The number of aliphatic hydroxyl groups excluding tert-OH is 1. The second-order valence-corrected chi connectivity index (χ2v) is 5.00. The maximum absolute atomic E-state index is 10.0. The Hall–Kier alpha value is -0.530. The van der Waals surface area contributed by atoms with Crippen molar-refractivity contribution in [1.82, 2.24) is 0 Å². The summed E-state index contributed by atoms with van der Waals surface area (Å²) in [6.45, 7) is 2.22. The smallest absolute Gasteiger partial charge is 0.0804 e. The lowest BCUT2D eigenvalue weighted by Crippen LogP contribution is -1.98. The molecule has 1 rings (SSSR count). The van der Waals surface area contributed by atoms with Crippen LogP contribution >= 0.6 is 11.6 Å². The number of hydrogen-bond donors (Lipinski definition) is 1. The molecule has 0 aliphatic rings. The molecular weight excluding hydrogens is 232 g/mol. The van der Waals surface area contributed by atoms with Crippen LogP contribution < -0.4 is 0 Å². The van der Waals surface area contributed by atoms with E-state index in [1.807, 2.05) is 24.3 Å². The lowest BCUT2D eigenvalue weighted by Gasteiger charge is -2.12. The first-order valence-corrected chi connectivity index (χ1v) is 7.06. The van der Waals surface area contributed by atoms with Gasteiger partial charge >= 0.3 is 0 Å². The van der Waals surface area contributed by atoms with Crippen LogP contribution in [0.2, 0.25) is 5.02 Å². The van der Waals surface area contributed by atoms with E-state index in [4.69, 9.17) is 11.6 Å². The Labute approximate surface area is 110 Å². The lowest BCUT2D eigenvalue weighted by atomic mass is 10.0. The average molecular weight is 255 g/mol. The molecule has 2 heteroatoms. The summed E-state index contributed by atoms with van der Waals surface area (Å²) in [6.07, 6.45) is 7.90. The van der Waals surface area contributed by atoms with Gasteiger partial charge in [0.25, 0.3) is 0 Å². The van der Waals surface area contributed by atoms with Crippen molar-refractivity contribution >= 4 is 11.6 Å². The fourth-order valence-corrected chi connectivity index (χ4v) is 2.28. The van der Waals surface area contributed by atoms with E-state index in [2.05, 4.69) is 6.92 Å².